The van der Waals surface area contributed by atoms with Gasteiger partial charge in [0.15, 0.2) is 11.5 Å². The highest BCUT2D eigenvalue weighted by Crippen LogP contribution is 2.22. The molecular formula is C8H10N6O. The Morgan fingerprint density at radius 2 is 2.27 bits per heavy atom. The summed E-state index contributed by atoms with van der Waals surface area (Å²) < 4.78 is 1.59. The molecule has 0 atom stereocenters. The van der Waals surface area contributed by atoms with E-state index in [4.69, 9.17) is 5.73 Å². The summed E-state index contributed by atoms with van der Waals surface area (Å²) in [7, 11) is 0. The van der Waals surface area contributed by atoms with Crippen molar-refractivity contribution in [2.45, 2.75) is 6.10 Å². The quantitative estimate of drug-likeness (QED) is 0.614. The summed E-state index contributed by atoms with van der Waals surface area (Å²) >= 11 is 0. The fraction of sp³-hybridized carbons (Fsp3) is 0.375. The molecule has 3 heterocycles. The number of fused-ring (bicyclic) bond motifs is 1. The summed E-state index contributed by atoms with van der Waals surface area (Å²) in [5, 5.41) is 13.2. The summed E-state index contributed by atoms with van der Waals surface area (Å²) in [5.74, 6) is 0.942. The highest BCUT2D eigenvalue weighted by Gasteiger charge is 2.27. The average Bonchev–Trinajstić information content (AvgIpc) is 2.53. The van der Waals surface area contributed by atoms with Gasteiger partial charge in [0, 0.05) is 25.5 Å². The molecule has 0 saturated carbocycles. The average molecular weight is 206 g/mol. The Labute approximate surface area is 85.2 Å². The van der Waals surface area contributed by atoms with Crippen molar-refractivity contribution in [2.24, 2.45) is 0 Å². The van der Waals surface area contributed by atoms with Crippen molar-refractivity contribution in [1.29, 1.82) is 0 Å². The second-order valence-electron chi connectivity index (χ2n) is 3.55. The van der Waals surface area contributed by atoms with Crippen LogP contribution in [0.1, 0.15) is 0 Å². The van der Waals surface area contributed by atoms with Crippen molar-refractivity contribution in [3.05, 3.63) is 12.4 Å². The maximum Gasteiger partial charge on any atom is 0.240 e. The lowest BCUT2D eigenvalue weighted by atomic mass is 10.2. The predicted octanol–water partition coefficient (Wildman–Crippen LogP) is -1.11. The molecule has 0 spiro atoms. The molecule has 1 aliphatic rings. The molecular weight excluding hydrogens is 196 g/mol. The number of nitrogens with two attached hydrogens (primary N) is 1. The molecule has 7 nitrogen and oxygen atoms in total. The van der Waals surface area contributed by atoms with E-state index in [2.05, 4.69) is 15.1 Å². The van der Waals surface area contributed by atoms with Crippen LogP contribution in [0.15, 0.2) is 12.4 Å². The first-order valence-corrected chi connectivity index (χ1v) is 4.64. The van der Waals surface area contributed by atoms with Gasteiger partial charge in [-0.25, -0.2) is 9.50 Å². The van der Waals surface area contributed by atoms with Gasteiger partial charge in [0.2, 0.25) is 5.95 Å². The molecule has 0 aliphatic carbocycles. The topological polar surface area (TPSA) is 92.6 Å². The molecule has 1 fully saturated rings. The fourth-order valence-corrected chi connectivity index (χ4v) is 1.67. The molecule has 1 aliphatic heterocycles. The molecule has 3 rings (SSSR count). The van der Waals surface area contributed by atoms with Crippen molar-refractivity contribution < 1.29 is 5.11 Å². The highest BCUT2D eigenvalue weighted by atomic mass is 16.3. The SMILES string of the molecule is Nc1nc2c(N3CC(O)C3)nccn2n1. The number of anilines is 2. The fourth-order valence-electron chi connectivity index (χ4n) is 1.67. The minimum Gasteiger partial charge on any atom is -0.389 e. The van der Waals surface area contributed by atoms with Gasteiger partial charge in [0.25, 0.3) is 0 Å². The van der Waals surface area contributed by atoms with Gasteiger partial charge in [-0.15, -0.1) is 5.10 Å². The van der Waals surface area contributed by atoms with E-state index in [1.54, 1.807) is 16.9 Å². The first-order chi connectivity index (χ1) is 7.24. The number of hydrogen-bond acceptors (Lipinski definition) is 6. The standard InChI is InChI=1S/C8H10N6O/c9-8-11-7-6(13-3-5(15)4-13)10-1-2-14(7)12-8/h1-2,5,15H,3-4H2,(H2,9,12). The van der Waals surface area contributed by atoms with Gasteiger partial charge in [0.1, 0.15) is 0 Å². The normalized spacial score (nSPS) is 17.0. The zero-order chi connectivity index (χ0) is 10.4. The number of nitrogen functional groups attached to an aromatic ring is 1. The third-order valence-electron chi connectivity index (χ3n) is 2.41. The van der Waals surface area contributed by atoms with Crippen molar-refractivity contribution in [1.82, 2.24) is 19.6 Å². The van der Waals surface area contributed by atoms with Gasteiger partial charge in [-0.05, 0) is 0 Å². The van der Waals surface area contributed by atoms with Crippen LogP contribution in [0.2, 0.25) is 0 Å². The molecule has 0 unspecified atom stereocenters. The summed E-state index contributed by atoms with van der Waals surface area (Å²) in [6.07, 6.45) is 3.06. The monoisotopic (exact) mass is 206 g/mol. The zero-order valence-corrected chi connectivity index (χ0v) is 7.91. The number of hydrogen-bond donors (Lipinski definition) is 2. The van der Waals surface area contributed by atoms with Crippen molar-refractivity contribution in [3.8, 4) is 0 Å². The molecule has 1 saturated heterocycles. The van der Waals surface area contributed by atoms with E-state index >= 15 is 0 Å². The highest BCUT2D eigenvalue weighted by molar-refractivity contribution is 5.66. The Kier molecular flexibility index (Phi) is 1.57. The van der Waals surface area contributed by atoms with Crippen LogP contribution < -0.4 is 10.6 Å². The zero-order valence-electron chi connectivity index (χ0n) is 7.91. The largest absolute Gasteiger partial charge is 0.389 e. The van der Waals surface area contributed by atoms with E-state index in [-0.39, 0.29) is 12.1 Å². The number of aliphatic hydroxyl groups excluding tert-OH is 1. The van der Waals surface area contributed by atoms with E-state index in [0.29, 0.717) is 24.6 Å². The van der Waals surface area contributed by atoms with Crippen LogP contribution in [-0.2, 0) is 0 Å². The summed E-state index contributed by atoms with van der Waals surface area (Å²) in [6.45, 7) is 1.17. The van der Waals surface area contributed by atoms with Gasteiger partial charge in [-0.1, -0.05) is 0 Å². The lowest BCUT2D eigenvalue weighted by Gasteiger charge is -2.36. The molecule has 0 amide bonds. The molecule has 2 aromatic rings. The minimum absolute atomic E-state index is 0.227. The van der Waals surface area contributed by atoms with Crippen LogP contribution >= 0.6 is 0 Å². The van der Waals surface area contributed by atoms with Crippen LogP contribution in [0.25, 0.3) is 5.65 Å². The van der Waals surface area contributed by atoms with Crippen LogP contribution in [-0.4, -0.2) is 43.9 Å². The molecule has 7 heteroatoms. The van der Waals surface area contributed by atoms with Gasteiger partial charge in [0.05, 0.1) is 6.10 Å². The molecule has 15 heavy (non-hydrogen) atoms. The Bertz CT molecular complexity index is 503. The van der Waals surface area contributed by atoms with Crippen LogP contribution in [0, 0.1) is 0 Å². The van der Waals surface area contributed by atoms with E-state index in [1.165, 1.54) is 0 Å². The Balaban J connectivity index is 2.09. The Morgan fingerprint density at radius 3 is 3.00 bits per heavy atom. The number of aromatic nitrogens is 4. The van der Waals surface area contributed by atoms with Crippen LogP contribution in [0.5, 0.6) is 0 Å². The summed E-state index contributed by atoms with van der Waals surface area (Å²) in [5.41, 5.74) is 6.13. The third-order valence-corrected chi connectivity index (χ3v) is 2.41. The lowest BCUT2D eigenvalue weighted by molar-refractivity contribution is 0.141. The Hall–Kier alpha value is -1.89. The second kappa shape index (κ2) is 2.80. The first kappa shape index (κ1) is 8.42. The lowest BCUT2D eigenvalue weighted by Crippen LogP contribution is -2.51. The number of β-amino-alcohol motifs (C(OH)–C–C–N with tert-alkyl or cyclic N) is 1. The molecule has 0 bridgehead atoms. The predicted molar refractivity (Wildman–Crippen MR) is 53.4 cm³/mol. The van der Waals surface area contributed by atoms with Gasteiger partial charge in [-0.3, -0.25) is 0 Å². The second-order valence-corrected chi connectivity index (χ2v) is 3.55. The van der Waals surface area contributed by atoms with E-state index in [1.807, 2.05) is 4.90 Å². The van der Waals surface area contributed by atoms with E-state index in [9.17, 15) is 5.11 Å². The molecule has 3 N–H and O–H groups in total. The summed E-state index contributed by atoms with van der Waals surface area (Å²) in [4.78, 5) is 10.2. The Morgan fingerprint density at radius 1 is 1.47 bits per heavy atom. The maximum absolute atomic E-state index is 9.22. The van der Waals surface area contributed by atoms with Gasteiger partial charge >= 0.3 is 0 Å². The molecule has 2 aromatic heterocycles. The first-order valence-electron chi connectivity index (χ1n) is 4.64. The van der Waals surface area contributed by atoms with Crippen LogP contribution in [0.4, 0.5) is 11.8 Å². The minimum atomic E-state index is -0.271. The molecule has 78 valence electrons. The van der Waals surface area contributed by atoms with Crippen molar-refractivity contribution in [2.75, 3.05) is 23.7 Å². The third kappa shape index (κ3) is 1.20. The van der Waals surface area contributed by atoms with Crippen LogP contribution in [0.3, 0.4) is 0 Å². The molecule has 0 radical (unpaired) electrons. The van der Waals surface area contributed by atoms with Gasteiger partial charge in [-0.2, -0.15) is 4.98 Å². The van der Waals surface area contributed by atoms with E-state index < -0.39 is 0 Å². The smallest absolute Gasteiger partial charge is 0.240 e. The van der Waals surface area contributed by atoms with E-state index in [0.717, 1.165) is 0 Å². The molecule has 0 aromatic carbocycles. The van der Waals surface area contributed by atoms with Crippen molar-refractivity contribution in [3.63, 3.8) is 0 Å². The maximum atomic E-state index is 9.22. The van der Waals surface area contributed by atoms with Gasteiger partial charge < -0.3 is 15.7 Å². The number of rotatable bonds is 1. The number of aliphatic hydroxyl groups is 1. The number of nitrogens with zero attached hydrogens (tertiary/aromatic N) is 5. The van der Waals surface area contributed by atoms with Crippen molar-refractivity contribution >= 4 is 17.4 Å². The summed E-state index contributed by atoms with van der Waals surface area (Å²) in [6, 6.07) is 0.